The Labute approximate surface area is 158 Å². The van der Waals surface area contributed by atoms with Crippen LogP contribution in [-0.2, 0) is 13.2 Å². The van der Waals surface area contributed by atoms with Crippen LogP contribution in [0.1, 0.15) is 11.1 Å². The largest absolute Gasteiger partial charge is 0.489 e. The Kier molecular flexibility index (Phi) is 5.01. The van der Waals surface area contributed by atoms with Gasteiger partial charge in [-0.2, -0.15) is 0 Å². The van der Waals surface area contributed by atoms with Crippen molar-refractivity contribution in [1.29, 1.82) is 0 Å². The Morgan fingerprint density at radius 2 is 1.48 bits per heavy atom. The summed E-state index contributed by atoms with van der Waals surface area (Å²) >= 11 is 0. The van der Waals surface area contributed by atoms with Gasteiger partial charge in [0, 0.05) is 17.8 Å². The smallest absolute Gasteiger partial charge is 0.125 e. The van der Waals surface area contributed by atoms with E-state index < -0.39 is 0 Å². The zero-order valence-corrected chi connectivity index (χ0v) is 14.9. The third-order valence-corrected chi connectivity index (χ3v) is 4.55. The Hall–Kier alpha value is -3.33. The molecular weight excluding hydrogens is 337 g/mol. The number of benzene rings is 4. The van der Waals surface area contributed by atoms with Crippen LogP contribution in [0.5, 0.6) is 5.75 Å². The van der Waals surface area contributed by atoms with Crippen LogP contribution in [0.15, 0.2) is 91.0 Å². The van der Waals surface area contributed by atoms with E-state index in [1.165, 1.54) is 17.5 Å². The molecule has 3 heteroatoms. The van der Waals surface area contributed by atoms with E-state index in [2.05, 4.69) is 23.5 Å². The molecule has 4 aromatic rings. The first kappa shape index (κ1) is 17.1. The molecule has 1 N–H and O–H groups in total. The molecule has 0 aliphatic rings. The lowest BCUT2D eigenvalue weighted by Crippen LogP contribution is -2.04. The van der Waals surface area contributed by atoms with Gasteiger partial charge in [-0.1, -0.05) is 60.7 Å². The Morgan fingerprint density at radius 1 is 0.741 bits per heavy atom. The van der Waals surface area contributed by atoms with Gasteiger partial charge in [-0.05, 0) is 46.7 Å². The third-order valence-electron chi connectivity index (χ3n) is 4.55. The molecule has 0 atom stereocenters. The van der Waals surface area contributed by atoms with Gasteiger partial charge in [0.1, 0.15) is 18.2 Å². The highest BCUT2D eigenvalue weighted by molar-refractivity contribution is 5.88. The highest BCUT2D eigenvalue weighted by Gasteiger charge is 2.09. The summed E-state index contributed by atoms with van der Waals surface area (Å²) in [4.78, 5) is 0. The maximum absolute atomic E-state index is 13.1. The van der Waals surface area contributed by atoms with Crippen LogP contribution in [0.2, 0.25) is 0 Å². The molecule has 0 aliphatic carbocycles. The number of fused-ring (bicyclic) bond motifs is 1. The molecule has 0 amide bonds. The van der Waals surface area contributed by atoms with Crippen molar-refractivity contribution in [2.24, 2.45) is 0 Å². The predicted molar refractivity (Wildman–Crippen MR) is 108 cm³/mol. The average molecular weight is 357 g/mol. The summed E-state index contributed by atoms with van der Waals surface area (Å²) in [5, 5.41) is 5.81. The molecule has 0 spiro atoms. The second kappa shape index (κ2) is 7.92. The normalized spacial score (nSPS) is 10.7. The number of para-hydroxylation sites is 1. The van der Waals surface area contributed by atoms with Crippen LogP contribution in [0.3, 0.4) is 0 Å². The number of anilines is 1. The summed E-state index contributed by atoms with van der Waals surface area (Å²) < 4.78 is 19.2. The molecule has 134 valence electrons. The summed E-state index contributed by atoms with van der Waals surface area (Å²) in [6, 6.07) is 28.9. The SMILES string of the molecule is Fc1ccc(COc2ccc3ccccc3c2CNc2ccccc2)cc1. The van der Waals surface area contributed by atoms with Gasteiger partial charge in [0.2, 0.25) is 0 Å². The molecule has 2 nitrogen and oxygen atoms in total. The van der Waals surface area contributed by atoms with E-state index >= 15 is 0 Å². The van der Waals surface area contributed by atoms with Crippen molar-refractivity contribution in [3.8, 4) is 5.75 Å². The number of hydrogen-bond acceptors (Lipinski definition) is 2. The lowest BCUT2D eigenvalue weighted by atomic mass is 10.0. The van der Waals surface area contributed by atoms with Crippen molar-refractivity contribution in [3.63, 3.8) is 0 Å². The van der Waals surface area contributed by atoms with Gasteiger partial charge in [0.25, 0.3) is 0 Å². The first-order valence-electron chi connectivity index (χ1n) is 8.96. The van der Waals surface area contributed by atoms with Crippen molar-refractivity contribution in [3.05, 3.63) is 108 Å². The van der Waals surface area contributed by atoms with E-state index in [0.29, 0.717) is 13.2 Å². The number of nitrogens with one attached hydrogen (secondary N) is 1. The second-order valence-electron chi connectivity index (χ2n) is 6.40. The molecule has 0 aromatic heterocycles. The van der Waals surface area contributed by atoms with Crippen LogP contribution < -0.4 is 10.1 Å². The van der Waals surface area contributed by atoms with Gasteiger partial charge in [0.05, 0.1) is 0 Å². The minimum Gasteiger partial charge on any atom is -0.489 e. The number of rotatable bonds is 6. The van der Waals surface area contributed by atoms with Crippen LogP contribution in [0.25, 0.3) is 10.8 Å². The van der Waals surface area contributed by atoms with Gasteiger partial charge >= 0.3 is 0 Å². The molecule has 0 saturated carbocycles. The number of halogens is 1. The van der Waals surface area contributed by atoms with E-state index in [9.17, 15) is 4.39 Å². The van der Waals surface area contributed by atoms with Gasteiger partial charge in [-0.3, -0.25) is 0 Å². The van der Waals surface area contributed by atoms with Crippen molar-refractivity contribution in [2.75, 3.05) is 5.32 Å². The Morgan fingerprint density at radius 3 is 2.30 bits per heavy atom. The molecule has 0 fully saturated rings. The van der Waals surface area contributed by atoms with Gasteiger partial charge in [-0.15, -0.1) is 0 Å². The van der Waals surface area contributed by atoms with E-state index in [4.69, 9.17) is 4.74 Å². The maximum Gasteiger partial charge on any atom is 0.125 e. The maximum atomic E-state index is 13.1. The van der Waals surface area contributed by atoms with Gasteiger partial charge < -0.3 is 10.1 Å². The summed E-state index contributed by atoms with van der Waals surface area (Å²) in [6.07, 6.45) is 0. The Balaban J connectivity index is 1.61. The minimum absolute atomic E-state index is 0.239. The first-order chi connectivity index (χ1) is 13.3. The van der Waals surface area contributed by atoms with Crippen LogP contribution in [-0.4, -0.2) is 0 Å². The number of hydrogen-bond donors (Lipinski definition) is 1. The fourth-order valence-electron chi connectivity index (χ4n) is 3.12. The zero-order valence-electron chi connectivity index (χ0n) is 14.9. The molecule has 4 rings (SSSR count). The summed E-state index contributed by atoms with van der Waals surface area (Å²) in [5.74, 6) is 0.596. The van der Waals surface area contributed by atoms with E-state index in [-0.39, 0.29) is 5.82 Å². The second-order valence-corrected chi connectivity index (χ2v) is 6.40. The third kappa shape index (κ3) is 4.09. The molecule has 0 bridgehead atoms. The highest BCUT2D eigenvalue weighted by Crippen LogP contribution is 2.29. The van der Waals surface area contributed by atoms with E-state index in [1.54, 1.807) is 12.1 Å². The summed E-state index contributed by atoms with van der Waals surface area (Å²) in [5.41, 5.74) is 3.11. The lowest BCUT2D eigenvalue weighted by Gasteiger charge is -2.16. The average Bonchev–Trinajstić information content (AvgIpc) is 2.73. The molecule has 27 heavy (non-hydrogen) atoms. The lowest BCUT2D eigenvalue weighted by molar-refractivity contribution is 0.303. The van der Waals surface area contributed by atoms with E-state index in [0.717, 1.165) is 28.0 Å². The van der Waals surface area contributed by atoms with Crippen molar-refractivity contribution < 1.29 is 9.13 Å². The monoisotopic (exact) mass is 357 g/mol. The van der Waals surface area contributed by atoms with Crippen molar-refractivity contribution in [1.82, 2.24) is 0 Å². The quantitative estimate of drug-likeness (QED) is 0.445. The predicted octanol–water partition coefficient (Wildman–Crippen LogP) is 6.17. The molecule has 0 unspecified atom stereocenters. The molecule has 0 aliphatic heterocycles. The topological polar surface area (TPSA) is 21.3 Å². The Bertz CT molecular complexity index is 1030. The molecule has 4 aromatic carbocycles. The first-order valence-corrected chi connectivity index (χ1v) is 8.96. The fourth-order valence-corrected chi connectivity index (χ4v) is 3.12. The van der Waals surface area contributed by atoms with Gasteiger partial charge in [-0.25, -0.2) is 4.39 Å². The number of ether oxygens (including phenoxy) is 1. The molecule has 0 saturated heterocycles. The minimum atomic E-state index is -0.239. The summed E-state index contributed by atoms with van der Waals surface area (Å²) in [7, 11) is 0. The zero-order chi connectivity index (χ0) is 18.5. The van der Waals surface area contributed by atoms with Crippen molar-refractivity contribution >= 4 is 16.5 Å². The van der Waals surface area contributed by atoms with Gasteiger partial charge in [0.15, 0.2) is 0 Å². The van der Waals surface area contributed by atoms with Crippen LogP contribution in [0, 0.1) is 5.82 Å². The molecule has 0 heterocycles. The highest BCUT2D eigenvalue weighted by atomic mass is 19.1. The van der Waals surface area contributed by atoms with Crippen LogP contribution >= 0.6 is 0 Å². The fraction of sp³-hybridized carbons (Fsp3) is 0.0833. The molecule has 0 radical (unpaired) electrons. The van der Waals surface area contributed by atoms with Crippen molar-refractivity contribution in [2.45, 2.75) is 13.2 Å². The summed E-state index contributed by atoms with van der Waals surface area (Å²) in [6.45, 7) is 1.06. The van der Waals surface area contributed by atoms with E-state index in [1.807, 2.05) is 48.5 Å². The van der Waals surface area contributed by atoms with Crippen LogP contribution in [0.4, 0.5) is 10.1 Å². The standard InChI is InChI=1S/C24H20FNO/c25-20-13-10-18(11-14-20)17-27-24-15-12-19-6-4-5-9-22(19)23(24)16-26-21-7-2-1-3-8-21/h1-15,26H,16-17H2. The molecular formula is C24H20FNO.